The number of phenolic OH excluding ortho intramolecular Hbond substituents is 2. The van der Waals surface area contributed by atoms with Gasteiger partial charge in [-0.15, -0.1) is 0 Å². The Balaban J connectivity index is 1.54. The topological polar surface area (TPSA) is 40.5 Å². The lowest BCUT2D eigenvalue weighted by Gasteiger charge is -2.14. The van der Waals surface area contributed by atoms with E-state index in [0.29, 0.717) is 17.9 Å². The zero-order chi connectivity index (χ0) is 18.1. The first kappa shape index (κ1) is 15.1. The van der Waals surface area contributed by atoms with Crippen LogP contribution in [0.25, 0.3) is 21.5 Å². The Morgan fingerprint density at radius 2 is 1.04 bits per heavy atom. The van der Waals surface area contributed by atoms with Gasteiger partial charge in [0.1, 0.15) is 11.5 Å². The van der Waals surface area contributed by atoms with Crippen LogP contribution in [-0.2, 0) is 32.1 Å². The van der Waals surface area contributed by atoms with Crippen molar-refractivity contribution in [2.75, 3.05) is 0 Å². The SMILES string of the molecule is Oc1c(Cc2cc3c4c(cccc4c2O)CC3)cc2c3c(cccc13)CC2. The van der Waals surface area contributed by atoms with Crippen LogP contribution in [0.1, 0.15) is 33.4 Å². The highest BCUT2D eigenvalue weighted by molar-refractivity contribution is 5.97. The Bertz CT molecular complexity index is 1170. The molecule has 0 heterocycles. The minimum Gasteiger partial charge on any atom is -0.507 e. The molecule has 0 fully saturated rings. The fraction of sp³-hybridized carbons (Fsp3) is 0.200. The summed E-state index contributed by atoms with van der Waals surface area (Å²) < 4.78 is 0. The third-order valence-corrected chi connectivity index (χ3v) is 6.47. The summed E-state index contributed by atoms with van der Waals surface area (Å²) in [6, 6.07) is 16.7. The molecule has 2 N–H and O–H groups in total. The average Bonchev–Trinajstić information content (AvgIpc) is 3.29. The maximum atomic E-state index is 10.9. The molecule has 2 aliphatic carbocycles. The van der Waals surface area contributed by atoms with Crippen LogP contribution in [0.3, 0.4) is 0 Å². The first-order valence-corrected chi connectivity index (χ1v) is 9.71. The number of phenols is 2. The van der Waals surface area contributed by atoms with Crippen molar-refractivity contribution in [2.24, 2.45) is 0 Å². The third kappa shape index (κ3) is 2.01. The van der Waals surface area contributed by atoms with Crippen LogP contribution < -0.4 is 0 Å². The van der Waals surface area contributed by atoms with Crippen molar-refractivity contribution in [3.63, 3.8) is 0 Å². The number of aryl methyl sites for hydroxylation is 4. The highest BCUT2D eigenvalue weighted by Gasteiger charge is 2.22. The monoisotopic (exact) mass is 352 g/mol. The molecular formula is C25H20O2. The second kappa shape index (κ2) is 5.26. The van der Waals surface area contributed by atoms with Crippen molar-refractivity contribution in [2.45, 2.75) is 32.1 Å². The molecule has 0 unspecified atom stereocenters. The van der Waals surface area contributed by atoms with Crippen LogP contribution in [0.2, 0.25) is 0 Å². The van der Waals surface area contributed by atoms with Gasteiger partial charge in [-0.2, -0.15) is 0 Å². The van der Waals surface area contributed by atoms with Crippen LogP contribution >= 0.6 is 0 Å². The number of aromatic hydroxyl groups is 2. The van der Waals surface area contributed by atoms with Gasteiger partial charge in [-0.3, -0.25) is 0 Å². The van der Waals surface area contributed by atoms with E-state index in [1.165, 1.54) is 33.0 Å². The van der Waals surface area contributed by atoms with Crippen LogP contribution in [0.5, 0.6) is 11.5 Å². The summed E-state index contributed by atoms with van der Waals surface area (Å²) in [5.74, 6) is 0.726. The van der Waals surface area contributed by atoms with Gasteiger partial charge >= 0.3 is 0 Å². The van der Waals surface area contributed by atoms with Gasteiger partial charge in [-0.05, 0) is 69.8 Å². The maximum Gasteiger partial charge on any atom is 0.126 e. The molecule has 6 rings (SSSR count). The summed E-state index contributed by atoms with van der Waals surface area (Å²) in [5.41, 5.74) is 7.12. The number of hydrogen-bond acceptors (Lipinski definition) is 2. The lowest BCUT2D eigenvalue weighted by molar-refractivity contribution is 0.469. The van der Waals surface area contributed by atoms with Crippen molar-refractivity contribution >= 4 is 21.5 Å². The predicted octanol–water partition coefficient (Wildman–Crippen LogP) is 5.19. The van der Waals surface area contributed by atoms with Gasteiger partial charge in [0.15, 0.2) is 0 Å². The smallest absolute Gasteiger partial charge is 0.126 e. The molecule has 0 saturated carbocycles. The average molecular weight is 352 g/mol. The summed E-state index contributed by atoms with van der Waals surface area (Å²) >= 11 is 0. The molecule has 0 spiro atoms. The fourth-order valence-electron chi connectivity index (χ4n) is 5.23. The van der Waals surface area contributed by atoms with Crippen LogP contribution in [0.4, 0.5) is 0 Å². The second-order valence-electron chi connectivity index (χ2n) is 7.94. The first-order chi connectivity index (χ1) is 13.2. The molecule has 0 amide bonds. The summed E-state index contributed by atoms with van der Waals surface area (Å²) in [5, 5.41) is 26.2. The van der Waals surface area contributed by atoms with E-state index in [4.69, 9.17) is 0 Å². The van der Waals surface area contributed by atoms with Gasteiger partial charge < -0.3 is 10.2 Å². The van der Waals surface area contributed by atoms with Gasteiger partial charge in [-0.25, -0.2) is 0 Å². The van der Waals surface area contributed by atoms with E-state index in [-0.39, 0.29) is 0 Å². The van der Waals surface area contributed by atoms with Crippen molar-refractivity contribution < 1.29 is 10.2 Å². The van der Waals surface area contributed by atoms with E-state index in [1.54, 1.807) is 0 Å². The van der Waals surface area contributed by atoms with Gasteiger partial charge in [0, 0.05) is 17.2 Å². The summed E-state index contributed by atoms with van der Waals surface area (Å²) in [6.45, 7) is 0. The third-order valence-electron chi connectivity index (χ3n) is 6.47. The van der Waals surface area contributed by atoms with Crippen LogP contribution in [-0.4, -0.2) is 10.2 Å². The summed E-state index contributed by atoms with van der Waals surface area (Å²) in [4.78, 5) is 0. The van der Waals surface area contributed by atoms with Crippen molar-refractivity contribution in [1.82, 2.24) is 0 Å². The molecule has 27 heavy (non-hydrogen) atoms. The van der Waals surface area contributed by atoms with E-state index in [0.717, 1.165) is 47.6 Å². The molecule has 0 saturated heterocycles. The molecule has 4 aromatic rings. The molecule has 0 aliphatic heterocycles. The molecule has 132 valence electrons. The van der Waals surface area contributed by atoms with E-state index in [9.17, 15) is 10.2 Å². The highest BCUT2D eigenvalue weighted by atomic mass is 16.3. The van der Waals surface area contributed by atoms with Crippen LogP contribution in [0, 0.1) is 0 Å². The summed E-state index contributed by atoms with van der Waals surface area (Å²) in [6.07, 6.45) is 4.70. The molecule has 0 aromatic heterocycles. The standard InChI is InChI=1S/C25H20O2/c26-24-18(11-16-9-7-14-3-1-5-20(24)22(14)16)13-19-12-17-10-8-15-4-2-6-21(23(15)17)25(19)27/h1-6,11-12,26-27H,7-10,13H2. The van der Waals surface area contributed by atoms with Gasteiger partial charge in [0.25, 0.3) is 0 Å². The van der Waals surface area contributed by atoms with E-state index < -0.39 is 0 Å². The zero-order valence-corrected chi connectivity index (χ0v) is 15.0. The van der Waals surface area contributed by atoms with Crippen molar-refractivity contribution in [3.8, 4) is 11.5 Å². The van der Waals surface area contributed by atoms with E-state index >= 15 is 0 Å². The lowest BCUT2D eigenvalue weighted by atomic mass is 9.93. The van der Waals surface area contributed by atoms with E-state index in [2.05, 4.69) is 24.3 Å². The number of hydrogen-bond donors (Lipinski definition) is 2. The Labute approximate surface area is 157 Å². The fourth-order valence-corrected chi connectivity index (χ4v) is 5.23. The maximum absolute atomic E-state index is 10.9. The largest absolute Gasteiger partial charge is 0.507 e. The normalized spacial score (nSPS) is 14.5. The Morgan fingerprint density at radius 3 is 1.52 bits per heavy atom. The number of benzene rings is 4. The molecule has 4 aromatic carbocycles. The molecule has 0 bridgehead atoms. The molecule has 0 atom stereocenters. The molecule has 2 aliphatic rings. The highest BCUT2D eigenvalue weighted by Crippen LogP contribution is 2.42. The Morgan fingerprint density at radius 1 is 0.593 bits per heavy atom. The quantitative estimate of drug-likeness (QED) is 0.521. The first-order valence-electron chi connectivity index (χ1n) is 9.71. The van der Waals surface area contributed by atoms with Crippen molar-refractivity contribution in [3.05, 3.63) is 81.9 Å². The predicted molar refractivity (Wildman–Crippen MR) is 109 cm³/mol. The van der Waals surface area contributed by atoms with Crippen LogP contribution in [0.15, 0.2) is 48.5 Å². The van der Waals surface area contributed by atoms with Gasteiger partial charge in [0.2, 0.25) is 0 Å². The Kier molecular flexibility index (Phi) is 2.94. The number of rotatable bonds is 2. The lowest BCUT2D eigenvalue weighted by Crippen LogP contribution is -1.95. The second-order valence-corrected chi connectivity index (χ2v) is 7.94. The molecule has 2 heteroatoms. The molecular weight excluding hydrogens is 332 g/mol. The van der Waals surface area contributed by atoms with Gasteiger partial charge in [-0.1, -0.05) is 48.5 Å². The summed E-state index contributed by atoms with van der Waals surface area (Å²) in [7, 11) is 0. The van der Waals surface area contributed by atoms with Crippen molar-refractivity contribution in [1.29, 1.82) is 0 Å². The van der Waals surface area contributed by atoms with Gasteiger partial charge in [0.05, 0.1) is 0 Å². The van der Waals surface area contributed by atoms with E-state index in [1.807, 2.05) is 24.3 Å². The zero-order valence-electron chi connectivity index (χ0n) is 15.0. The Hall–Kier alpha value is -3.00. The minimum atomic E-state index is 0.363. The minimum absolute atomic E-state index is 0.363. The molecule has 0 radical (unpaired) electrons. The molecule has 2 nitrogen and oxygen atoms in total.